The van der Waals surface area contributed by atoms with E-state index in [1.165, 1.54) is 32.5 Å². The zero-order chi connectivity index (χ0) is 51.9. The van der Waals surface area contributed by atoms with Gasteiger partial charge in [-0.15, -0.1) is 0 Å². The Bertz CT molecular complexity index is 2510. The van der Waals surface area contributed by atoms with Crippen LogP contribution in [0.25, 0.3) is 0 Å². The summed E-state index contributed by atoms with van der Waals surface area (Å²) in [6.45, 7) is 20.5. The third-order valence-corrected chi connectivity index (χ3v) is 25.3. The zero-order valence-corrected chi connectivity index (χ0v) is 48.2. The van der Waals surface area contributed by atoms with Crippen LogP contribution in [0.4, 0.5) is 0 Å². The molecule has 1 aliphatic rings. The van der Waals surface area contributed by atoms with Gasteiger partial charge in [-0.3, -0.25) is 0 Å². The maximum absolute atomic E-state index is 8.16. The van der Waals surface area contributed by atoms with E-state index in [2.05, 4.69) is 231 Å². The van der Waals surface area contributed by atoms with Crippen LogP contribution in [0.5, 0.6) is 0 Å². The fourth-order valence-electron chi connectivity index (χ4n) is 10.7. The summed E-state index contributed by atoms with van der Waals surface area (Å²) >= 11 is 7.43. The summed E-state index contributed by atoms with van der Waals surface area (Å²) in [4.78, 5) is 0. The van der Waals surface area contributed by atoms with Crippen molar-refractivity contribution in [3.63, 3.8) is 0 Å². The van der Waals surface area contributed by atoms with Crippen LogP contribution in [-0.2, 0) is 41.0 Å². The SMILES string of the molecule is CSC(=S)OC(/C(C)=C/[C@@H](C)CO[Si](c1ccccc1)(c1ccccc1)C(C)(C)C)[C@H]1O[C@@H](CCCOCc2ccccc2)[C@H](OCc2ccccc2)C[C@@H]1O[Si](c1ccccc1)(c1ccccc1)C(C)(C)C. The van der Waals surface area contributed by atoms with Crippen molar-refractivity contribution in [2.75, 3.05) is 19.5 Å². The number of hydrogen-bond donors (Lipinski definition) is 0. The quantitative estimate of drug-likeness (QED) is 0.0289. The van der Waals surface area contributed by atoms with Crippen LogP contribution in [-0.4, -0.2) is 71.0 Å². The number of benzene rings is 6. The second-order valence-electron chi connectivity index (χ2n) is 21.6. The van der Waals surface area contributed by atoms with Gasteiger partial charge >= 0.3 is 0 Å². The highest BCUT2D eigenvalue weighted by molar-refractivity contribution is 8.22. The van der Waals surface area contributed by atoms with Gasteiger partial charge in [0.1, 0.15) is 12.2 Å². The first-order valence-electron chi connectivity index (χ1n) is 26.1. The summed E-state index contributed by atoms with van der Waals surface area (Å²) in [5.74, 6) is 0.00903. The lowest BCUT2D eigenvalue weighted by atomic mass is 9.89. The van der Waals surface area contributed by atoms with E-state index in [9.17, 15) is 0 Å². The monoisotopic (exact) mass is 1050 g/mol. The molecule has 386 valence electrons. The maximum Gasteiger partial charge on any atom is 0.261 e. The molecule has 1 aliphatic heterocycles. The Balaban J connectivity index is 1.30. The van der Waals surface area contributed by atoms with E-state index in [4.69, 9.17) is 40.0 Å². The second-order valence-corrected chi connectivity index (χ2v) is 31.5. The highest BCUT2D eigenvalue weighted by Gasteiger charge is 2.55. The molecule has 1 heterocycles. The minimum absolute atomic E-state index is 0.00903. The van der Waals surface area contributed by atoms with Gasteiger partial charge in [-0.1, -0.05) is 248 Å². The van der Waals surface area contributed by atoms with Gasteiger partial charge in [0.25, 0.3) is 16.6 Å². The molecule has 73 heavy (non-hydrogen) atoms. The van der Waals surface area contributed by atoms with Gasteiger partial charge in [-0.05, 0) is 91.7 Å². The van der Waals surface area contributed by atoms with Gasteiger partial charge in [0, 0.05) is 19.6 Å². The molecule has 0 amide bonds. The molecule has 0 N–H and O–H groups in total. The van der Waals surface area contributed by atoms with Crippen molar-refractivity contribution < 1.29 is 27.8 Å². The number of hydrogen-bond acceptors (Lipinski definition) is 8. The Morgan fingerprint density at radius 2 is 1.08 bits per heavy atom. The Morgan fingerprint density at radius 1 is 0.644 bits per heavy atom. The molecule has 0 saturated carbocycles. The summed E-state index contributed by atoms with van der Waals surface area (Å²) in [5.41, 5.74) is 3.28. The molecule has 10 heteroatoms. The van der Waals surface area contributed by atoms with E-state index in [0.717, 1.165) is 29.5 Å². The highest BCUT2D eigenvalue weighted by atomic mass is 32.2. The summed E-state index contributed by atoms with van der Waals surface area (Å²) in [6.07, 6.45) is 4.22. The third kappa shape index (κ3) is 14.1. The van der Waals surface area contributed by atoms with Crippen molar-refractivity contribution in [3.05, 3.63) is 205 Å². The molecule has 0 spiro atoms. The molecule has 6 atom stereocenters. The predicted octanol–water partition coefficient (Wildman–Crippen LogP) is 12.9. The highest BCUT2D eigenvalue weighted by Crippen LogP contribution is 2.42. The van der Waals surface area contributed by atoms with Gasteiger partial charge in [0.05, 0.1) is 31.5 Å². The van der Waals surface area contributed by atoms with Crippen molar-refractivity contribution >= 4 is 65.7 Å². The molecule has 6 aromatic carbocycles. The normalized spacial score (nSPS) is 18.7. The predicted molar refractivity (Wildman–Crippen MR) is 314 cm³/mol. The summed E-state index contributed by atoms with van der Waals surface area (Å²) < 4.78 is 44.1. The fourth-order valence-corrected chi connectivity index (χ4v) is 20.4. The molecule has 0 aliphatic carbocycles. The van der Waals surface area contributed by atoms with Crippen LogP contribution in [0, 0.1) is 5.92 Å². The molecule has 6 aromatic rings. The molecule has 1 fully saturated rings. The van der Waals surface area contributed by atoms with Gasteiger partial charge < -0.3 is 27.8 Å². The molecular formula is C63H78O6S2Si2. The summed E-state index contributed by atoms with van der Waals surface area (Å²) in [5, 5.41) is 4.46. The first-order chi connectivity index (χ1) is 35.2. The summed E-state index contributed by atoms with van der Waals surface area (Å²) in [7, 11) is -5.96. The molecule has 1 saturated heterocycles. The topological polar surface area (TPSA) is 55.4 Å². The van der Waals surface area contributed by atoms with Crippen LogP contribution in [0.3, 0.4) is 0 Å². The first kappa shape index (κ1) is 56.3. The van der Waals surface area contributed by atoms with E-state index in [1.807, 2.05) is 18.4 Å². The molecular weight excluding hydrogens is 973 g/mol. The first-order valence-corrected chi connectivity index (χ1v) is 31.5. The van der Waals surface area contributed by atoms with E-state index < -0.39 is 34.9 Å². The lowest BCUT2D eigenvalue weighted by molar-refractivity contribution is -0.203. The minimum atomic E-state index is -3.15. The van der Waals surface area contributed by atoms with Crippen LogP contribution < -0.4 is 20.7 Å². The van der Waals surface area contributed by atoms with Gasteiger partial charge in [0.15, 0.2) is 0 Å². The Morgan fingerprint density at radius 3 is 1.53 bits per heavy atom. The average molecular weight is 1050 g/mol. The molecule has 1 unspecified atom stereocenters. The van der Waals surface area contributed by atoms with Crippen molar-refractivity contribution in [2.45, 2.75) is 128 Å². The zero-order valence-electron chi connectivity index (χ0n) is 44.6. The Hall–Kier alpha value is -4.47. The minimum Gasteiger partial charge on any atom is -0.468 e. The molecule has 0 radical (unpaired) electrons. The molecule has 7 rings (SSSR count). The van der Waals surface area contributed by atoms with Crippen LogP contribution in [0.15, 0.2) is 194 Å². The number of ether oxygens (including phenoxy) is 4. The van der Waals surface area contributed by atoms with E-state index in [1.54, 1.807) is 0 Å². The van der Waals surface area contributed by atoms with Crippen molar-refractivity contribution in [3.8, 4) is 0 Å². The lowest BCUT2D eigenvalue weighted by Gasteiger charge is -2.50. The number of rotatable bonds is 22. The van der Waals surface area contributed by atoms with E-state index in [-0.39, 0.29) is 28.2 Å². The Kier molecular flexibility index (Phi) is 20.3. The van der Waals surface area contributed by atoms with Gasteiger partial charge in [0.2, 0.25) is 4.38 Å². The van der Waals surface area contributed by atoms with Crippen molar-refractivity contribution in [1.82, 2.24) is 0 Å². The van der Waals surface area contributed by atoms with Gasteiger partial charge in [-0.2, -0.15) is 0 Å². The van der Waals surface area contributed by atoms with Crippen molar-refractivity contribution in [2.24, 2.45) is 5.92 Å². The number of thiocarbonyl (C=S) groups is 1. The largest absolute Gasteiger partial charge is 0.468 e. The standard InChI is InChI=1S/C63H78O6S2Si2/c1-48(45-66-72(62(3,4)5,52-33-20-12-21-34-52)53-35-22-13-23-36-53)43-49(2)59(68-61(70)71-9)60-58(69-73(63(6,7)8,54-37-24-14-25-38-54)55-39-26-15-27-40-55)44-57(65-47-51-31-18-11-19-32-51)56(67-60)41-28-42-64-46-50-29-16-10-17-30-50/h10-27,29-40,43,48,56-60H,28,41-42,44-47H2,1-9H3/b49-43+/t48-,56+,57-,58+,59?,60+/m1/s1. The second kappa shape index (κ2) is 26.3. The molecule has 6 nitrogen and oxygen atoms in total. The van der Waals surface area contributed by atoms with Crippen LogP contribution >= 0.6 is 24.0 Å². The van der Waals surface area contributed by atoms with E-state index >= 15 is 0 Å². The van der Waals surface area contributed by atoms with Crippen LogP contribution in [0.1, 0.15) is 85.8 Å². The average Bonchev–Trinajstić information content (AvgIpc) is 3.40. The smallest absolute Gasteiger partial charge is 0.261 e. The van der Waals surface area contributed by atoms with Crippen molar-refractivity contribution in [1.29, 1.82) is 0 Å². The number of thioether (sulfide) groups is 1. The van der Waals surface area contributed by atoms with E-state index in [0.29, 0.717) is 37.2 Å². The lowest BCUT2D eigenvalue weighted by Crippen LogP contribution is -2.70. The molecule has 0 bridgehead atoms. The van der Waals surface area contributed by atoms with Gasteiger partial charge in [-0.25, -0.2) is 0 Å². The van der Waals surface area contributed by atoms with Crippen LogP contribution in [0.2, 0.25) is 10.1 Å². The third-order valence-electron chi connectivity index (χ3n) is 14.2. The maximum atomic E-state index is 8.16. The fraction of sp³-hybridized carbons (Fsp3) is 0.381. The molecule has 0 aromatic heterocycles. The Labute approximate surface area is 449 Å². The summed E-state index contributed by atoms with van der Waals surface area (Å²) in [6, 6.07) is 64.2.